The average Bonchev–Trinajstić information content (AvgIpc) is 3.77. The van der Waals surface area contributed by atoms with Crippen molar-refractivity contribution in [3.63, 3.8) is 0 Å². The molecule has 0 spiro atoms. The molecule has 235 valence electrons. The van der Waals surface area contributed by atoms with Crippen molar-refractivity contribution in [1.82, 2.24) is 39.0 Å². The van der Waals surface area contributed by atoms with E-state index in [0.717, 1.165) is 0 Å². The van der Waals surface area contributed by atoms with Crippen LogP contribution in [0.15, 0.2) is 25.3 Å². The molecule has 4 aromatic rings. The SMILES string of the molecule is Nc1ncnc2c1ncn2[C@@H]1O[C@@H]2COP(=O)(SS)O[C@@H]3[C@H](O)[C@@H](CO[P](=O)O[C@@H]1[C@@H]2O)O[C@H]3n1cnc2c(N)ncnc21. The van der Waals surface area contributed by atoms with Gasteiger partial charge in [0.25, 0.3) is 0 Å². The van der Waals surface area contributed by atoms with Crippen LogP contribution >= 0.6 is 37.1 Å². The molecule has 3 aliphatic heterocycles. The van der Waals surface area contributed by atoms with E-state index in [-0.39, 0.29) is 34.0 Å². The van der Waals surface area contributed by atoms with Gasteiger partial charge in [0.15, 0.2) is 35.4 Å². The van der Waals surface area contributed by atoms with E-state index in [9.17, 15) is 19.3 Å². The smallest absolute Gasteiger partial charge is 0.387 e. The lowest BCUT2D eigenvalue weighted by molar-refractivity contribution is -0.0580. The first-order valence-corrected chi connectivity index (χ1v) is 17.8. The Balaban J connectivity index is 1.21. The maximum Gasteiger partial charge on any atom is 0.399 e. The molecule has 0 aromatic carbocycles. The number of ether oxygens (including phenoxy) is 2. The van der Waals surface area contributed by atoms with Crippen LogP contribution in [-0.4, -0.2) is 99.1 Å². The lowest BCUT2D eigenvalue weighted by Gasteiger charge is -2.26. The first kappa shape index (κ1) is 30.1. The van der Waals surface area contributed by atoms with Crippen LogP contribution in [0.1, 0.15) is 12.5 Å². The molecule has 7 heterocycles. The molecule has 3 fully saturated rings. The van der Waals surface area contributed by atoms with Crippen LogP contribution in [0.4, 0.5) is 11.6 Å². The Morgan fingerprint density at radius 1 is 0.886 bits per heavy atom. The summed E-state index contributed by atoms with van der Waals surface area (Å²) in [5.41, 5.74) is 12.8. The quantitative estimate of drug-likeness (QED) is 0.111. The first-order valence-electron chi connectivity index (χ1n) is 12.7. The number of fused-ring (bicyclic) bond motifs is 6. The van der Waals surface area contributed by atoms with Crippen molar-refractivity contribution >= 4 is 71.1 Å². The number of nitrogens with zero attached hydrogens (tertiary/aromatic N) is 8. The Bertz CT molecular complexity index is 1780. The van der Waals surface area contributed by atoms with E-state index in [4.69, 9.17) is 39.0 Å². The normalized spacial score (nSPS) is 35.8. The number of imidazole rings is 2. The van der Waals surface area contributed by atoms with Gasteiger partial charge in [0.05, 0.1) is 25.9 Å². The summed E-state index contributed by atoms with van der Waals surface area (Å²) < 4.78 is 64.3. The highest BCUT2D eigenvalue weighted by molar-refractivity contribution is 8.93. The summed E-state index contributed by atoms with van der Waals surface area (Å²) in [4.78, 5) is 24.6. The molecule has 7 rings (SSSR count). The minimum absolute atomic E-state index is 0.101. The molecular weight excluding hydrogens is 666 g/mol. The minimum atomic E-state index is -4.20. The highest BCUT2D eigenvalue weighted by Gasteiger charge is 2.52. The first-order chi connectivity index (χ1) is 21.2. The highest BCUT2D eigenvalue weighted by Crippen LogP contribution is 2.65. The molecule has 1 radical (unpaired) electrons. The fourth-order valence-corrected chi connectivity index (χ4v) is 8.42. The molecule has 20 nitrogen and oxygen atoms in total. The third-order valence-electron chi connectivity index (χ3n) is 7.25. The van der Waals surface area contributed by atoms with E-state index >= 15 is 0 Å². The van der Waals surface area contributed by atoms with Crippen molar-refractivity contribution in [3.8, 4) is 0 Å². The number of nitrogens with two attached hydrogens (primary N) is 2. The van der Waals surface area contributed by atoms with Crippen molar-refractivity contribution in [2.24, 2.45) is 0 Å². The van der Waals surface area contributed by atoms with Crippen molar-refractivity contribution in [2.75, 3.05) is 24.7 Å². The Morgan fingerprint density at radius 2 is 1.43 bits per heavy atom. The fraction of sp³-hybridized carbons (Fsp3) is 0.500. The van der Waals surface area contributed by atoms with Crippen LogP contribution < -0.4 is 11.5 Å². The number of aliphatic hydroxyl groups excluding tert-OH is 2. The van der Waals surface area contributed by atoms with Crippen LogP contribution in [0.3, 0.4) is 0 Å². The zero-order valence-electron chi connectivity index (χ0n) is 22.0. The average molecular weight is 690 g/mol. The summed E-state index contributed by atoms with van der Waals surface area (Å²) in [6, 6.07) is 0. The Labute approximate surface area is 255 Å². The Morgan fingerprint density at radius 3 is 2.02 bits per heavy atom. The molecule has 10 atom stereocenters. The van der Waals surface area contributed by atoms with E-state index in [1.807, 2.05) is 0 Å². The lowest BCUT2D eigenvalue weighted by atomic mass is 10.1. The standard InChI is InChI=1S/C20H23N10O10P2S2/c21-15-9-17(25-3-23-15)29(5-27-9)19-13-11(31)8(38-19)2-36-42(34,44-43)40-14-12(32)7(1-35-41(33)39-13)37-20(14)30-6-28-10-16(22)24-4-26-18(10)30/h3-8,11-14,19-20,31-32,43H,1-2H2,(H2,21,23,25)(H2,22,24,26)/t7-,8-,11-,12-,13-,14-,19-,20-,42?/m1/s1. The molecule has 24 heteroatoms. The van der Waals surface area contributed by atoms with Gasteiger partial charge in [-0.15, -0.1) is 0 Å². The third-order valence-corrected chi connectivity index (χ3v) is 12.2. The monoisotopic (exact) mass is 689 g/mol. The molecule has 0 saturated carbocycles. The van der Waals surface area contributed by atoms with Gasteiger partial charge in [0.1, 0.15) is 60.3 Å². The second-order valence-electron chi connectivity index (χ2n) is 9.76. The summed E-state index contributed by atoms with van der Waals surface area (Å²) in [6.07, 6.45) is -5.18. The number of aromatic nitrogens is 8. The fourth-order valence-electron chi connectivity index (χ4n) is 5.15. The molecule has 0 aliphatic carbocycles. The number of hydrogen-bond acceptors (Lipinski definition) is 20. The van der Waals surface area contributed by atoms with Gasteiger partial charge < -0.3 is 31.2 Å². The van der Waals surface area contributed by atoms with Crippen LogP contribution in [-0.2, 0) is 36.7 Å². The maximum atomic E-state index is 13.8. The van der Waals surface area contributed by atoms with E-state index < -0.39 is 77.3 Å². The van der Waals surface area contributed by atoms with Crippen molar-refractivity contribution < 1.29 is 46.9 Å². The number of nitrogen functional groups attached to an aromatic ring is 2. The number of anilines is 2. The van der Waals surface area contributed by atoms with E-state index in [1.165, 1.54) is 34.4 Å². The van der Waals surface area contributed by atoms with Gasteiger partial charge >= 0.3 is 15.1 Å². The molecule has 0 amide bonds. The van der Waals surface area contributed by atoms with Gasteiger partial charge in [-0.2, -0.15) is 0 Å². The lowest BCUT2D eigenvalue weighted by Crippen LogP contribution is -2.37. The molecule has 4 bridgehead atoms. The second-order valence-corrected chi connectivity index (χ2v) is 15.5. The van der Waals surface area contributed by atoms with Gasteiger partial charge in [-0.05, 0) is 0 Å². The topological polar surface area (TPSA) is 269 Å². The summed E-state index contributed by atoms with van der Waals surface area (Å²) in [6.45, 7) is -5.16. The highest BCUT2D eigenvalue weighted by atomic mass is 33.3. The van der Waals surface area contributed by atoms with Gasteiger partial charge in [-0.25, -0.2) is 39.0 Å². The van der Waals surface area contributed by atoms with E-state index in [2.05, 4.69) is 41.6 Å². The third kappa shape index (κ3) is 5.13. The van der Waals surface area contributed by atoms with E-state index in [0.29, 0.717) is 10.4 Å². The van der Waals surface area contributed by atoms with Crippen LogP contribution in [0.2, 0.25) is 0 Å². The van der Waals surface area contributed by atoms with Gasteiger partial charge in [0.2, 0.25) is 0 Å². The Hall–Kier alpha value is -2.59. The summed E-state index contributed by atoms with van der Waals surface area (Å²) >= 11 is 4.10. The summed E-state index contributed by atoms with van der Waals surface area (Å²) in [5, 5.41) is 22.4. The van der Waals surface area contributed by atoms with Crippen molar-refractivity contribution in [3.05, 3.63) is 25.3 Å². The van der Waals surface area contributed by atoms with Crippen LogP contribution in [0.5, 0.6) is 0 Å². The number of aliphatic hydroxyl groups is 2. The predicted octanol–water partition coefficient (Wildman–Crippen LogP) is 0.508. The molecular formula is C20H23N10O10P2S2. The molecule has 2 unspecified atom stereocenters. The van der Waals surface area contributed by atoms with Gasteiger partial charge in [-0.1, -0.05) is 11.7 Å². The molecule has 4 aromatic heterocycles. The molecule has 44 heavy (non-hydrogen) atoms. The van der Waals surface area contributed by atoms with Crippen LogP contribution in [0.25, 0.3) is 22.3 Å². The molecule has 3 saturated heterocycles. The minimum Gasteiger partial charge on any atom is -0.387 e. The molecule has 6 N–H and O–H groups in total. The van der Waals surface area contributed by atoms with Crippen LogP contribution in [0, 0.1) is 0 Å². The number of thiol groups is 1. The molecule has 3 aliphatic rings. The maximum absolute atomic E-state index is 13.8. The van der Waals surface area contributed by atoms with Crippen molar-refractivity contribution in [2.45, 2.75) is 49.1 Å². The Kier molecular flexibility index (Phi) is 7.96. The number of rotatable bonds is 3. The zero-order chi connectivity index (χ0) is 30.7. The van der Waals surface area contributed by atoms with Gasteiger partial charge in [0, 0.05) is 10.4 Å². The number of hydrogen-bond donors (Lipinski definition) is 5. The van der Waals surface area contributed by atoms with Crippen molar-refractivity contribution in [1.29, 1.82) is 0 Å². The largest absolute Gasteiger partial charge is 0.399 e. The summed E-state index contributed by atoms with van der Waals surface area (Å²) in [5.74, 6) is 0.205. The van der Waals surface area contributed by atoms with Gasteiger partial charge in [-0.3, -0.25) is 27.2 Å². The van der Waals surface area contributed by atoms with E-state index in [1.54, 1.807) is 0 Å². The zero-order valence-corrected chi connectivity index (χ0v) is 25.5. The predicted molar refractivity (Wildman–Crippen MR) is 153 cm³/mol. The second kappa shape index (κ2) is 11.6. The summed E-state index contributed by atoms with van der Waals surface area (Å²) in [7, 11) is -2.47.